The highest BCUT2D eigenvalue weighted by Crippen LogP contribution is 2.40. The van der Waals surface area contributed by atoms with Crippen LogP contribution in [0.1, 0.15) is 11.3 Å². The summed E-state index contributed by atoms with van der Waals surface area (Å²) < 4.78 is 7.18. The number of aryl methyl sites for hydroxylation is 1. The summed E-state index contributed by atoms with van der Waals surface area (Å²) in [6.07, 6.45) is 0.0336. The Kier molecular flexibility index (Phi) is 4.84. The number of aliphatic carboxylic acids is 1. The maximum Gasteiger partial charge on any atom is 0.320 e. The number of carbonyl (C=O) groups is 1. The molecule has 0 aliphatic carbocycles. The van der Waals surface area contributed by atoms with Gasteiger partial charge in [-0.25, -0.2) is 0 Å². The third-order valence-corrected chi connectivity index (χ3v) is 5.01. The van der Waals surface area contributed by atoms with E-state index < -0.39 is 12.0 Å². The maximum absolute atomic E-state index is 12.0. The minimum Gasteiger partial charge on any atom is -0.480 e. The first-order chi connectivity index (χ1) is 12.3. The van der Waals surface area contributed by atoms with Crippen molar-refractivity contribution in [1.82, 2.24) is 4.57 Å². The summed E-state index contributed by atoms with van der Waals surface area (Å²) in [4.78, 5) is 24.7. The fourth-order valence-electron chi connectivity index (χ4n) is 3.51. The number of carboxylic acids is 1. The molecule has 3 N–H and O–H groups in total. The molecular formula is C17H22N4O5. The molecule has 2 heterocycles. The predicted octanol–water partition coefficient (Wildman–Crippen LogP) is 1.19. The van der Waals surface area contributed by atoms with Gasteiger partial charge in [-0.15, -0.1) is 0 Å². The number of anilines is 1. The van der Waals surface area contributed by atoms with E-state index in [2.05, 4.69) is 0 Å². The predicted molar refractivity (Wildman–Crippen MR) is 96.7 cm³/mol. The zero-order chi connectivity index (χ0) is 19.0. The van der Waals surface area contributed by atoms with E-state index in [0.29, 0.717) is 48.5 Å². The van der Waals surface area contributed by atoms with Gasteiger partial charge in [0.1, 0.15) is 11.7 Å². The van der Waals surface area contributed by atoms with E-state index in [9.17, 15) is 14.9 Å². The summed E-state index contributed by atoms with van der Waals surface area (Å²) in [5.41, 5.74) is 8.33. The summed E-state index contributed by atoms with van der Waals surface area (Å²) in [6.45, 7) is 3.99. The van der Waals surface area contributed by atoms with Crippen molar-refractivity contribution in [3.8, 4) is 0 Å². The molecule has 3 rings (SSSR count). The van der Waals surface area contributed by atoms with Crippen LogP contribution in [0.15, 0.2) is 12.1 Å². The number of benzene rings is 1. The number of ether oxygens (including phenoxy) is 1. The first kappa shape index (κ1) is 18.2. The molecule has 1 saturated heterocycles. The summed E-state index contributed by atoms with van der Waals surface area (Å²) in [5.74, 6) is -1.13. The van der Waals surface area contributed by atoms with Gasteiger partial charge in [-0.3, -0.25) is 14.9 Å². The summed E-state index contributed by atoms with van der Waals surface area (Å²) in [6, 6.07) is 2.48. The number of rotatable bonds is 5. The fraction of sp³-hybridized carbons (Fsp3) is 0.471. The maximum atomic E-state index is 12.0. The Hall–Kier alpha value is -2.65. The second kappa shape index (κ2) is 6.93. The molecule has 1 unspecified atom stereocenters. The monoisotopic (exact) mass is 362 g/mol. The van der Waals surface area contributed by atoms with Gasteiger partial charge in [-0.2, -0.15) is 0 Å². The highest BCUT2D eigenvalue weighted by atomic mass is 16.6. The number of hydrogen-bond donors (Lipinski definition) is 2. The zero-order valence-corrected chi connectivity index (χ0v) is 14.8. The Morgan fingerprint density at radius 3 is 2.65 bits per heavy atom. The lowest BCUT2D eigenvalue weighted by atomic mass is 10.0. The van der Waals surface area contributed by atoms with Gasteiger partial charge in [0.15, 0.2) is 0 Å². The van der Waals surface area contributed by atoms with E-state index in [1.807, 2.05) is 29.5 Å². The normalized spacial score (nSPS) is 16.0. The SMILES string of the molecule is Cc1c(CC(N)C(=O)O)c2c([N+](=O)[O-])c(N3CCOCC3)ccc2n1C. The van der Waals surface area contributed by atoms with Crippen molar-refractivity contribution in [3.63, 3.8) is 0 Å². The van der Waals surface area contributed by atoms with Crippen molar-refractivity contribution in [2.45, 2.75) is 19.4 Å². The summed E-state index contributed by atoms with van der Waals surface area (Å²) in [7, 11) is 1.81. The molecular weight excluding hydrogens is 340 g/mol. The van der Waals surface area contributed by atoms with Crippen molar-refractivity contribution >= 4 is 28.2 Å². The molecule has 140 valence electrons. The number of nitrogens with two attached hydrogens (primary N) is 1. The quantitative estimate of drug-likeness (QED) is 0.604. The molecule has 9 heteroatoms. The van der Waals surface area contributed by atoms with Gasteiger partial charge >= 0.3 is 11.7 Å². The van der Waals surface area contributed by atoms with E-state index in [1.54, 1.807) is 6.07 Å². The third kappa shape index (κ3) is 2.99. The molecule has 9 nitrogen and oxygen atoms in total. The largest absolute Gasteiger partial charge is 0.480 e. The van der Waals surface area contributed by atoms with Crippen LogP contribution in [0.25, 0.3) is 10.9 Å². The molecule has 2 aromatic rings. The Bertz CT molecular complexity index is 870. The molecule has 1 aliphatic heterocycles. The number of hydrogen-bond acceptors (Lipinski definition) is 6. The molecule has 0 amide bonds. The molecule has 1 aromatic heterocycles. The Balaban J connectivity index is 2.24. The van der Waals surface area contributed by atoms with E-state index in [0.717, 1.165) is 5.69 Å². The second-order valence-electron chi connectivity index (χ2n) is 6.46. The molecule has 0 saturated carbocycles. The van der Waals surface area contributed by atoms with Crippen LogP contribution in [0.4, 0.5) is 11.4 Å². The lowest BCUT2D eigenvalue weighted by Crippen LogP contribution is -2.36. The Morgan fingerprint density at radius 1 is 1.42 bits per heavy atom. The van der Waals surface area contributed by atoms with Crippen molar-refractivity contribution in [2.24, 2.45) is 12.8 Å². The number of nitrogens with zero attached hydrogens (tertiary/aromatic N) is 3. The molecule has 1 fully saturated rings. The fourth-order valence-corrected chi connectivity index (χ4v) is 3.51. The third-order valence-electron chi connectivity index (χ3n) is 5.01. The van der Waals surface area contributed by atoms with Crippen molar-refractivity contribution < 1.29 is 19.6 Å². The van der Waals surface area contributed by atoms with E-state index in [1.165, 1.54) is 0 Å². The number of aromatic nitrogens is 1. The first-order valence-electron chi connectivity index (χ1n) is 8.39. The van der Waals surface area contributed by atoms with Gasteiger partial charge in [0.25, 0.3) is 0 Å². The molecule has 1 aromatic carbocycles. The topological polar surface area (TPSA) is 124 Å². The highest BCUT2D eigenvalue weighted by molar-refractivity contribution is 5.99. The second-order valence-corrected chi connectivity index (χ2v) is 6.46. The van der Waals surface area contributed by atoms with Crippen molar-refractivity contribution in [2.75, 3.05) is 31.2 Å². The zero-order valence-electron chi connectivity index (χ0n) is 14.8. The average Bonchev–Trinajstić information content (AvgIpc) is 2.86. The Morgan fingerprint density at radius 2 is 2.08 bits per heavy atom. The first-order valence-corrected chi connectivity index (χ1v) is 8.39. The van der Waals surface area contributed by atoms with E-state index in [-0.39, 0.29) is 17.0 Å². The van der Waals surface area contributed by atoms with E-state index in [4.69, 9.17) is 15.6 Å². The van der Waals surface area contributed by atoms with Crippen LogP contribution in [-0.2, 0) is 23.0 Å². The molecule has 0 bridgehead atoms. The van der Waals surface area contributed by atoms with Crippen LogP contribution in [0, 0.1) is 17.0 Å². The lowest BCUT2D eigenvalue weighted by Gasteiger charge is -2.28. The van der Waals surface area contributed by atoms with Crippen LogP contribution in [0.5, 0.6) is 0 Å². The molecule has 1 aliphatic rings. The van der Waals surface area contributed by atoms with Gasteiger partial charge in [-0.1, -0.05) is 0 Å². The number of nitro groups is 1. The average molecular weight is 362 g/mol. The van der Waals surface area contributed by atoms with Crippen LogP contribution in [0.3, 0.4) is 0 Å². The van der Waals surface area contributed by atoms with Crippen molar-refractivity contribution in [3.05, 3.63) is 33.5 Å². The minimum absolute atomic E-state index is 0.000638. The molecule has 0 spiro atoms. The lowest BCUT2D eigenvalue weighted by molar-refractivity contribution is -0.382. The number of fused-ring (bicyclic) bond motifs is 1. The van der Waals surface area contributed by atoms with E-state index >= 15 is 0 Å². The number of nitro benzene ring substituents is 1. The Labute approximate surface area is 150 Å². The standard InChI is InChI=1S/C17H22N4O5/c1-10-11(9-12(18)17(22)23)15-13(19(10)2)3-4-14(16(15)21(24)25)20-5-7-26-8-6-20/h3-4,12H,5-9,18H2,1-2H3,(H,22,23). The summed E-state index contributed by atoms with van der Waals surface area (Å²) >= 11 is 0. The number of morpholine rings is 1. The minimum atomic E-state index is -1.13. The van der Waals surface area contributed by atoms with Crippen LogP contribution in [-0.4, -0.2) is 52.9 Å². The van der Waals surface area contributed by atoms with Gasteiger partial charge in [-0.05, 0) is 24.6 Å². The molecule has 26 heavy (non-hydrogen) atoms. The van der Waals surface area contributed by atoms with Gasteiger partial charge < -0.3 is 25.0 Å². The molecule has 0 radical (unpaired) electrons. The van der Waals surface area contributed by atoms with Gasteiger partial charge in [0, 0.05) is 32.3 Å². The van der Waals surface area contributed by atoms with Gasteiger partial charge in [0.2, 0.25) is 0 Å². The highest BCUT2D eigenvalue weighted by Gasteiger charge is 2.30. The van der Waals surface area contributed by atoms with Gasteiger partial charge in [0.05, 0.1) is 29.0 Å². The molecule has 1 atom stereocenters. The van der Waals surface area contributed by atoms with Crippen LogP contribution in [0.2, 0.25) is 0 Å². The smallest absolute Gasteiger partial charge is 0.320 e. The van der Waals surface area contributed by atoms with Crippen molar-refractivity contribution in [1.29, 1.82) is 0 Å². The van der Waals surface area contributed by atoms with Crippen LogP contribution < -0.4 is 10.6 Å². The number of carboxylic acid groups (broad SMARTS) is 1. The van der Waals surface area contributed by atoms with Crippen LogP contribution >= 0.6 is 0 Å². The summed E-state index contributed by atoms with van der Waals surface area (Å²) in [5, 5.41) is 21.6.